The number of hydrogen-bond donors (Lipinski definition) is 0. The highest BCUT2D eigenvalue weighted by Gasteiger charge is 2.18. The van der Waals surface area contributed by atoms with Gasteiger partial charge in [-0.05, 0) is 12.8 Å². The van der Waals surface area contributed by atoms with Crippen LogP contribution in [0.2, 0.25) is 0 Å². The number of rotatable bonds is 3. The molecule has 0 spiro atoms. The zero-order valence-corrected chi connectivity index (χ0v) is 6.04. The summed E-state index contributed by atoms with van der Waals surface area (Å²) in [5.41, 5.74) is 0. The maximum Gasteiger partial charge on any atom is 0.310 e. The molecule has 0 atom stereocenters. The molecule has 0 saturated heterocycles. The van der Waals surface area contributed by atoms with Gasteiger partial charge in [0.05, 0.1) is 13.5 Å². The molecule has 0 aliphatic heterocycles. The molecule has 10 heavy (non-hydrogen) atoms. The topological polar surface area (TPSA) is 38.7 Å². The molecule has 0 heterocycles. The molecule has 3 nitrogen and oxygen atoms in total. The summed E-state index contributed by atoms with van der Waals surface area (Å²) in [6, 6.07) is 0.504. The van der Waals surface area contributed by atoms with Crippen LogP contribution in [0.4, 0.5) is 0 Å². The minimum atomic E-state index is -0.218. The number of carbonyl (C=O) groups excluding carboxylic acids is 1. The second-order valence-corrected chi connectivity index (χ2v) is 2.34. The largest absolute Gasteiger partial charge is 0.469 e. The Morgan fingerprint density at radius 1 is 1.80 bits per heavy atom. The number of carbonyl (C=O) groups is 1. The van der Waals surface area contributed by atoms with E-state index in [1.165, 1.54) is 20.0 Å². The molecule has 0 aromatic rings. The lowest BCUT2D eigenvalue weighted by Gasteiger charge is -1.90. The monoisotopic (exact) mass is 141 g/mol. The third-order valence-corrected chi connectivity index (χ3v) is 1.35. The van der Waals surface area contributed by atoms with Crippen molar-refractivity contribution >= 4 is 12.2 Å². The van der Waals surface area contributed by atoms with E-state index in [4.69, 9.17) is 0 Å². The second kappa shape index (κ2) is 3.34. The Hall–Kier alpha value is -0.860. The molecule has 1 saturated carbocycles. The Kier molecular flexibility index (Phi) is 2.42. The van der Waals surface area contributed by atoms with Crippen molar-refractivity contribution in [2.24, 2.45) is 4.99 Å². The van der Waals surface area contributed by atoms with Gasteiger partial charge in [0.2, 0.25) is 0 Å². The fraction of sp³-hybridized carbons (Fsp3) is 0.714. The molecular weight excluding hydrogens is 130 g/mol. The van der Waals surface area contributed by atoms with E-state index in [1.54, 1.807) is 6.21 Å². The van der Waals surface area contributed by atoms with E-state index in [-0.39, 0.29) is 5.97 Å². The van der Waals surface area contributed by atoms with Crippen LogP contribution in [0.25, 0.3) is 0 Å². The van der Waals surface area contributed by atoms with Gasteiger partial charge in [-0.3, -0.25) is 9.79 Å². The SMILES string of the molecule is COC(=O)CC=NC1CC1. The maximum atomic E-state index is 10.5. The van der Waals surface area contributed by atoms with Gasteiger partial charge in [0.25, 0.3) is 0 Å². The smallest absolute Gasteiger partial charge is 0.310 e. The van der Waals surface area contributed by atoms with Gasteiger partial charge in [0, 0.05) is 12.3 Å². The highest BCUT2D eigenvalue weighted by atomic mass is 16.5. The average Bonchev–Trinajstić information content (AvgIpc) is 2.71. The predicted octanol–water partition coefficient (Wildman–Crippen LogP) is 0.783. The number of ether oxygens (including phenoxy) is 1. The summed E-state index contributed by atoms with van der Waals surface area (Å²) < 4.78 is 4.42. The van der Waals surface area contributed by atoms with Gasteiger partial charge in [-0.15, -0.1) is 0 Å². The van der Waals surface area contributed by atoms with Gasteiger partial charge >= 0.3 is 5.97 Å². The van der Waals surface area contributed by atoms with E-state index in [0.717, 1.165) is 0 Å². The van der Waals surface area contributed by atoms with Crippen LogP contribution >= 0.6 is 0 Å². The van der Waals surface area contributed by atoms with Gasteiger partial charge in [-0.25, -0.2) is 0 Å². The van der Waals surface area contributed by atoms with Crippen LogP contribution in [0.3, 0.4) is 0 Å². The summed E-state index contributed by atoms with van der Waals surface area (Å²) in [6.07, 6.45) is 4.31. The first-order valence-corrected chi connectivity index (χ1v) is 3.41. The van der Waals surface area contributed by atoms with Crippen LogP contribution in [-0.2, 0) is 9.53 Å². The molecule has 3 heteroatoms. The fourth-order valence-electron chi connectivity index (χ4n) is 0.583. The van der Waals surface area contributed by atoms with Crippen LogP contribution in [0.15, 0.2) is 4.99 Å². The lowest BCUT2D eigenvalue weighted by molar-refractivity contribution is -0.139. The standard InChI is InChI=1S/C7H11NO2/c1-10-7(9)4-5-8-6-2-3-6/h5-6H,2-4H2,1H3. The van der Waals surface area contributed by atoms with Crippen molar-refractivity contribution in [2.45, 2.75) is 25.3 Å². The number of aliphatic imine (C=N–C) groups is 1. The third kappa shape index (κ3) is 2.62. The number of methoxy groups -OCH3 is 1. The Morgan fingerprint density at radius 3 is 3.00 bits per heavy atom. The van der Waals surface area contributed by atoms with Crippen LogP contribution < -0.4 is 0 Å². The van der Waals surface area contributed by atoms with E-state index in [9.17, 15) is 4.79 Å². The van der Waals surface area contributed by atoms with E-state index in [2.05, 4.69) is 9.73 Å². The average molecular weight is 141 g/mol. The first-order chi connectivity index (χ1) is 4.83. The molecule has 1 aliphatic carbocycles. The van der Waals surface area contributed by atoms with Crippen LogP contribution in [-0.4, -0.2) is 25.3 Å². The van der Waals surface area contributed by atoms with Gasteiger partial charge in [-0.2, -0.15) is 0 Å². The molecule has 0 radical (unpaired) electrons. The second-order valence-electron chi connectivity index (χ2n) is 2.34. The van der Waals surface area contributed by atoms with Crippen molar-refractivity contribution in [2.75, 3.05) is 7.11 Å². The number of esters is 1. The molecular formula is C7H11NO2. The van der Waals surface area contributed by atoms with Gasteiger partial charge in [-0.1, -0.05) is 0 Å². The maximum absolute atomic E-state index is 10.5. The summed E-state index contributed by atoms with van der Waals surface area (Å²) in [4.78, 5) is 14.6. The highest BCUT2D eigenvalue weighted by Crippen LogP contribution is 2.22. The quantitative estimate of drug-likeness (QED) is 0.430. The van der Waals surface area contributed by atoms with E-state index >= 15 is 0 Å². The first-order valence-electron chi connectivity index (χ1n) is 3.41. The van der Waals surface area contributed by atoms with Gasteiger partial charge in [0.15, 0.2) is 0 Å². The molecule has 0 aromatic heterocycles. The summed E-state index contributed by atoms with van der Waals surface area (Å²) >= 11 is 0. The summed E-state index contributed by atoms with van der Waals surface area (Å²) in [5, 5.41) is 0. The molecule has 0 aromatic carbocycles. The predicted molar refractivity (Wildman–Crippen MR) is 38.1 cm³/mol. The molecule has 1 rings (SSSR count). The molecule has 56 valence electrons. The van der Waals surface area contributed by atoms with E-state index < -0.39 is 0 Å². The normalized spacial score (nSPS) is 17.7. The molecule has 1 fully saturated rings. The van der Waals surface area contributed by atoms with E-state index in [1.807, 2.05) is 0 Å². The highest BCUT2D eigenvalue weighted by molar-refractivity contribution is 5.85. The molecule has 0 bridgehead atoms. The molecule has 1 aliphatic rings. The van der Waals surface area contributed by atoms with Gasteiger partial charge in [0.1, 0.15) is 0 Å². The van der Waals surface area contributed by atoms with Crippen molar-refractivity contribution < 1.29 is 9.53 Å². The van der Waals surface area contributed by atoms with Crippen LogP contribution in [0, 0.1) is 0 Å². The van der Waals surface area contributed by atoms with Crippen molar-refractivity contribution in [1.82, 2.24) is 0 Å². The zero-order valence-electron chi connectivity index (χ0n) is 6.04. The number of hydrogen-bond acceptors (Lipinski definition) is 3. The third-order valence-electron chi connectivity index (χ3n) is 1.35. The Morgan fingerprint density at radius 2 is 2.50 bits per heavy atom. The molecule has 0 unspecified atom stereocenters. The minimum absolute atomic E-state index is 0.218. The Bertz CT molecular complexity index is 150. The van der Waals surface area contributed by atoms with Crippen molar-refractivity contribution in [3.05, 3.63) is 0 Å². The van der Waals surface area contributed by atoms with Crippen LogP contribution in [0.1, 0.15) is 19.3 Å². The first kappa shape index (κ1) is 7.25. The molecule has 0 N–H and O–H groups in total. The lowest BCUT2D eigenvalue weighted by atomic mass is 10.5. The molecule has 0 amide bonds. The van der Waals surface area contributed by atoms with Crippen molar-refractivity contribution in [3.63, 3.8) is 0 Å². The van der Waals surface area contributed by atoms with E-state index in [0.29, 0.717) is 12.5 Å². The van der Waals surface area contributed by atoms with Crippen molar-refractivity contribution in [1.29, 1.82) is 0 Å². The van der Waals surface area contributed by atoms with Gasteiger partial charge < -0.3 is 4.74 Å². The van der Waals surface area contributed by atoms with Crippen molar-refractivity contribution in [3.8, 4) is 0 Å². The Labute approximate surface area is 60.1 Å². The fourth-order valence-corrected chi connectivity index (χ4v) is 0.583. The summed E-state index contributed by atoms with van der Waals surface area (Å²) in [6.45, 7) is 0. The summed E-state index contributed by atoms with van der Waals surface area (Å²) in [5.74, 6) is -0.218. The zero-order chi connectivity index (χ0) is 7.40. The summed E-state index contributed by atoms with van der Waals surface area (Å²) in [7, 11) is 1.38. The number of nitrogens with zero attached hydrogens (tertiary/aromatic N) is 1. The minimum Gasteiger partial charge on any atom is -0.469 e. The Balaban J connectivity index is 2.07. The lowest BCUT2D eigenvalue weighted by Crippen LogP contribution is -2.00. The van der Waals surface area contributed by atoms with Crippen LogP contribution in [0.5, 0.6) is 0 Å².